The number of benzene rings is 1. The van der Waals surface area contributed by atoms with Crippen LogP contribution in [0.2, 0.25) is 5.15 Å². The lowest BCUT2D eigenvalue weighted by Gasteiger charge is -2.34. The molecule has 23 heavy (non-hydrogen) atoms. The van der Waals surface area contributed by atoms with Crippen LogP contribution >= 0.6 is 11.6 Å². The van der Waals surface area contributed by atoms with E-state index in [9.17, 15) is 0 Å². The summed E-state index contributed by atoms with van der Waals surface area (Å²) in [7, 11) is 0. The molecule has 0 aliphatic carbocycles. The van der Waals surface area contributed by atoms with Gasteiger partial charge in [0, 0.05) is 44.8 Å². The standard InChI is InChI=1S/C17H23ClN4O/c1-14-16(13-21-9-7-20(8-10-21)11-12-23)17(18)22(19-14)15-5-3-2-4-6-15/h2-6,23H,7-13H2,1H3. The van der Waals surface area contributed by atoms with Crippen molar-refractivity contribution in [2.75, 3.05) is 39.3 Å². The van der Waals surface area contributed by atoms with Gasteiger partial charge in [-0.1, -0.05) is 29.8 Å². The fourth-order valence-electron chi connectivity index (χ4n) is 2.99. The minimum atomic E-state index is 0.231. The third-order valence-electron chi connectivity index (χ3n) is 4.39. The SMILES string of the molecule is Cc1nn(-c2ccccc2)c(Cl)c1CN1CCN(CCO)CC1. The number of hydrogen-bond donors (Lipinski definition) is 1. The topological polar surface area (TPSA) is 44.5 Å². The van der Waals surface area contributed by atoms with Gasteiger partial charge in [0.05, 0.1) is 18.0 Å². The first-order valence-electron chi connectivity index (χ1n) is 8.04. The fourth-order valence-corrected chi connectivity index (χ4v) is 3.32. The Morgan fingerprint density at radius 1 is 1.09 bits per heavy atom. The fraction of sp³-hybridized carbons (Fsp3) is 0.471. The third kappa shape index (κ3) is 3.75. The van der Waals surface area contributed by atoms with Crippen LogP contribution in [0.4, 0.5) is 0 Å². The van der Waals surface area contributed by atoms with Crippen molar-refractivity contribution >= 4 is 11.6 Å². The van der Waals surface area contributed by atoms with Crippen molar-refractivity contribution in [2.24, 2.45) is 0 Å². The Morgan fingerprint density at radius 2 is 1.74 bits per heavy atom. The highest BCUT2D eigenvalue weighted by molar-refractivity contribution is 6.30. The van der Waals surface area contributed by atoms with E-state index in [1.165, 1.54) is 0 Å². The summed E-state index contributed by atoms with van der Waals surface area (Å²) in [6.45, 7) is 7.80. The van der Waals surface area contributed by atoms with E-state index in [0.29, 0.717) is 5.15 Å². The van der Waals surface area contributed by atoms with Crippen molar-refractivity contribution in [3.8, 4) is 5.69 Å². The molecular formula is C17H23ClN4O. The van der Waals surface area contributed by atoms with Gasteiger partial charge in [0.15, 0.2) is 0 Å². The van der Waals surface area contributed by atoms with Gasteiger partial charge in [0.2, 0.25) is 0 Å². The number of aryl methyl sites for hydroxylation is 1. The molecule has 124 valence electrons. The van der Waals surface area contributed by atoms with Gasteiger partial charge in [-0.15, -0.1) is 0 Å². The van der Waals surface area contributed by atoms with Crippen molar-refractivity contribution < 1.29 is 5.11 Å². The molecule has 1 aliphatic heterocycles. The summed E-state index contributed by atoms with van der Waals surface area (Å²) in [5.41, 5.74) is 3.07. The molecule has 1 aromatic heterocycles. The molecule has 1 saturated heterocycles. The molecule has 1 N–H and O–H groups in total. The lowest BCUT2D eigenvalue weighted by Crippen LogP contribution is -2.46. The number of halogens is 1. The van der Waals surface area contributed by atoms with Crippen molar-refractivity contribution in [1.29, 1.82) is 0 Å². The highest BCUT2D eigenvalue weighted by Gasteiger charge is 2.21. The van der Waals surface area contributed by atoms with Crippen molar-refractivity contribution in [2.45, 2.75) is 13.5 Å². The Morgan fingerprint density at radius 3 is 2.39 bits per heavy atom. The number of nitrogens with zero attached hydrogens (tertiary/aromatic N) is 4. The van der Waals surface area contributed by atoms with Crippen LogP contribution in [0.5, 0.6) is 0 Å². The molecule has 1 fully saturated rings. The molecule has 0 spiro atoms. The second-order valence-corrected chi connectivity index (χ2v) is 6.30. The molecule has 0 saturated carbocycles. The van der Waals surface area contributed by atoms with Crippen LogP contribution in [0, 0.1) is 6.92 Å². The van der Waals surface area contributed by atoms with Crippen LogP contribution in [-0.2, 0) is 6.54 Å². The lowest BCUT2D eigenvalue weighted by atomic mass is 10.2. The number of piperazine rings is 1. The predicted molar refractivity (Wildman–Crippen MR) is 92.1 cm³/mol. The molecule has 2 aromatic rings. The summed E-state index contributed by atoms with van der Waals surface area (Å²) in [5, 5.41) is 14.3. The second-order valence-electron chi connectivity index (χ2n) is 5.94. The molecule has 0 amide bonds. The largest absolute Gasteiger partial charge is 0.395 e. The van der Waals surface area contributed by atoms with E-state index in [4.69, 9.17) is 16.7 Å². The van der Waals surface area contributed by atoms with Gasteiger partial charge in [0.25, 0.3) is 0 Å². The Labute approximate surface area is 142 Å². The zero-order valence-electron chi connectivity index (χ0n) is 13.5. The smallest absolute Gasteiger partial charge is 0.137 e. The van der Waals surface area contributed by atoms with Crippen molar-refractivity contribution in [1.82, 2.24) is 19.6 Å². The molecule has 1 aliphatic rings. The average Bonchev–Trinajstić information content (AvgIpc) is 2.86. The number of rotatable bonds is 5. The van der Waals surface area contributed by atoms with Crippen LogP contribution in [-0.4, -0.2) is 64.0 Å². The lowest BCUT2D eigenvalue weighted by molar-refractivity contribution is 0.108. The minimum absolute atomic E-state index is 0.231. The number of aliphatic hydroxyl groups excluding tert-OH is 1. The zero-order valence-corrected chi connectivity index (χ0v) is 14.2. The Balaban J connectivity index is 1.71. The molecule has 5 nitrogen and oxygen atoms in total. The van der Waals surface area contributed by atoms with E-state index in [1.54, 1.807) is 0 Å². The maximum atomic E-state index is 9.02. The quantitative estimate of drug-likeness (QED) is 0.907. The van der Waals surface area contributed by atoms with Gasteiger partial charge < -0.3 is 5.11 Å². The zero-order chi connectivity index (χ0) is 16.2. The van der Waals surface area contributed by atoms with E-state index in [1.807, 2.05) is 41.9 Å². The molecule has 0 radical (unpaired) electrons. The van der Waals surface area contributed by atoms with Gasteiger partial charge in [0.1, 0.15) is 5.15 Å². The van der Waals surface area contributed by atoms with Crippen LogP contribution in [0.1, 0.15) is 11.3 Å². The van der Waals surface area contributed by atoms with Crippen LogP contribution in [0.3, 0.4) is 0 Å². The molecule has 3 rings (SSSR count). The molecule has 0 atom stereocenters. The molecule has 0 bridgehead atoms. The summed E-state index contributed by atoms with van der Waals surface area (Å²) >= 11 is 6.59. The van der Waals surface area contributed by atoms with Crippen molar-refractivity contribution in [3.05, 3.63) is 46.7 Å². The normalized spacial score (nSPS) is 16.8. The summed E-state index contributed by atoms with van der Waals surface area (Å²) in [4.78, 5) is 4.69. The summed E-state index contributed by atoms with van der Waals surface area (Å²) in [5.74, 6) is 0. The van der Waals surface area contributed by atoms with Gasteiger partial charge in [-0.05, 0) is 19.1 Å². The van der Waals surface area contributed by atoms with E-state index < -0.39 is 0 Å². The highest BCUT2D eigenvalue weighted by Crippen LogP contribution is 2.25. The minimum Gasteiger partial charge on any atom is -0.395 e. The number of aliphatic hydroxyl groups is 1. The highest BCUT2D eigenvalue weighted by atomic mass is 35.5. The van der Waals surface area contributed by atoms with Crippen molar-refractivity contribution in [3.63, 3.8) is 0 Å². The first kappa shape index (κ1) is 16.5. The first-order valence-corrected chi connectivity index (χ1v) is 8.42. The maximum absolute atomic E-state index is 9.02. The van der Waals surface area contributed by atoms with Crippen LogP contribution in [0.15, 0.2) is 30.3 Å². The first-order chi connectivity index (χ1) is 11.2. The number of β-amino-alcohol motifs (C(OH)–C–C–N with tert-alkyl or cyclic N) is 1. The summed E-state index contributed by atoms with van der Waals surface area (Å²) in [6.07, 6.45) is 0. The molecule has 0 unspecified atom stereocenters. The number of para-hydroxylation sites is 1. The van der Waals surface area contributed by atoms with Gasteiger partial charge in [-0.2, -0.15) is 5.10 Å². The monoisotopic (exact) mass is 334 g/mol. The summed E-state index contributed by atoms with van der Waals surface area (Å²) < 4.78 is 1.81. The van der Waals surface area contributed by atoms with E-state index >= 15 is 0 Å². The van der Waals surface area contributed by atoms with E-state index in [-0.39, 0.29) is 6.61 Å². The molecular weight excluding hydrogens is 312 g/mol. The molecule has 1 aromatic carbocycles. The Bertz CT molecular complexity index is 636. The van der Waals surface area contributed by atoms with E-state index in [0.717, 1.165) is 56.2 Å². The van der Waals surface area contributed by atoms with Gasteiger partial charge in [-0.25, -0.2) is 4.68 Å². The number of hydrogen-bond acceptors (Lipinski definition) is 4. The third-order valence-corrected chi connectivity index (χ3v) is 4.77. The Hall–Kier alpha value is -1.40. The van der Waals surface area contributed by atoms with Gasteiger partial charge >= 0.3 is 0 Å². The van der Waals surface area contributed by atoms with E-state index in [2.05, 4.69) is 14.9 Å². The molecule has 2 heterocycles. The Kier molecular flexibility index (Phi) is 5.33. The average molecular weight is 335 g/mol. The van der Waals surface area contributed by atoms with Gasteiger partial charge in [-0.3, -0.25) is 9.80 Å². The number of aromatic nitrogens is 2. The summed E-state index contributed by atoms with van der Waals surface area (Å²) in [6, 6.07) is 9.98. The predicted octanol–water partition coefficient (Wildman–Crippen LogP) is 1.94. The maximum Gasteiger partial charge on any atom is 0.137 e. The van der Waals surface area contributed by atoms with Crippen LogP contribution < -0.4 is 0 Å². The molecule has 6 heteroatoms. The second kappa shape index (κ2) is 7.45. The van der Waals surface area contributed by atoms with Crippen LogP contribution in [0.25, 0.3) is 5.69 Å².